The first-order valence-electron chi connectivity index (χ1n) is 8.23. The number of fused-ring (bicyclic) bond motifs is 2. The van der Waals surface area contributed by atoms with Crippen molar-refractivity contribution < 1.29 is 0 Å². The third-order valence-electron chi connectivity index (χ3n) is 5.34. The highest BCUT2D eigenvalue weighted by atomic mass is 15.1. The molecular weight excluding hydrogens is 284 g/mol. The van der Waals surface area contributed by atoms with Gasteiger partial charge < -0.3 is 9.97 Å². The first-order chi connectivity index (χ1) is 11.2. The van der Waals surface area contributed by atoms with Crippen LogP contribution in [-0.2, 0) is 6.42 Å². The molecule has 2 unspecified atom stereocenters. The lowest BCUT2D eigenvalue weighted by Gasteiger charge is -2.39. The first kappa shape index (κ1) is 13.1. The molecule has 4 nitrogen and oxygen atoms in total. The van der Waals surface area contributed by atoms with Crippen LogP contribution >= 0.6 is 0 Å². The fourth-order valence-corrected chi connectivity index (χ4v) is 4.24. The van der Waals surface area contributed by atoms with Crippen molar-refractivity contribution in [2.75, 3.05) is 13.6 Å². The number of imidazole rings is 1. The van der Waals surface area contributed by atoms with Crippen LogP contribution in [0.5, 0.6) is 0 Å². The van der Waals surface area contributed by atoms with Gasteiger partial charge in [0.15, 0.2) is 0 Å². The minimum Gasteiger partial charge on any atom is -0.361 e. The molecule has 1 aliphatic heterocycles. The number of hydrogen-bond donors (Lipinski definition) is 2. The fraction of sp³-hybridized carbons (Fsp3) is 0.316. The summed E-state index contributed by atoms with van der Waals surface area (Å²) in [5.41, 5.74) is 6.65. The summed E-state index contributed by atoms with van der Waals surface area (Å²) in [6, 6.07) is 7.06. The number of likely N-dealkylation sites (N-methyl/N-ethyl adjacent to an activating group) is 1. The average molecular weight is 304 g/mol. The van der Waals surface area contributed by atoms with Crippen molar-refractivity contribution in [3.63, 3.8) is 0 Å². The third kappa shape index (κ3) is 1.85. The molecule has 0 spiro atoms. The van der Waals surface area contributed by atoms with Crippen LogP contribution in [0.15, 0.2) is 36.7 Å². The summed E-state index contributed by atoms with van der Waals surface area (Å²) < 4.78 is 0. The number of nitrogens with one attached hydrogen (secondary N) is 2. The second-order valence-corrected chi connectivity index (χ2v) is 6.88. The molecule has 4 heteroatoms. The number of aromatic amines is 2. The summed E-state index contributed by atoms with van der Waals surface area (Å²) >= 11 is 0. The SMILES string of the molecule is Cc1cnc(C2C=C3c4cccc5[nH]cc(c45)CC3N(C)C2)[nH]1. The zero-order valence-electron chi connectivity index (χ0n) is 13.4. The number of benzene rings is 1. The summed E-state index contributed by atoms with van der Waals surface area (Å²) in [5, 5.41) is 1.40. The molecule has 2 N–H and O–H groups in total. The Morgan fingerprint density at radius 3 is 3.04 bits per heavy atom. The van der Waals surface area contributed by atoms with Gasteiger partial charge in [-0.3, -0.25) is 4.90 Å². The molecule has 23 heavy (non-hydrogen) atoms. The quantitative estimate of drug-likeness (QED) is 0.725. The van der Waals surface area contributed by atoms with Gasteiger partial charge in [0, 0.05) is 47.5 Å². The van der Waals surface area contributed by atoms with E-state index in [2.05, 4.69) is 64.3 Å². The van der Waals surface area contributed by atoms with E-state index in [0.29, 0.717) is 12.0 Å². The molecule has 116 valence electrons. The Bertz CT molecular complexity index is 930. The van der Waals surface area contributed by atoms with Gasteiger partial charge in [-0.1, -0.05) is 18.2 Å². The number of aromatic nitrogens is 3. The van der Waals surface area contributed by atoms with Crippen LogP contribution < -0.4 is 0 Å². The van der Waals surface area contributed by atoms with Crippen LogP contribution in [-0.4, -0.2) is 39.5 Å². The molecule has 3 heterocycles. The van der Waals surface area contributed by atoms with Crippen molar-refractivity contribution in [3.8, 4) is 0 Å². The molecule has 1 aliphatic carbocycles. The van der Waals surface area contributed by atoms with E-state index in [0.717, 1.165) is 24.5 Å². The molecular formula is C19H20N4. The smallest absolute Gasteiger partial charge is 0.114 e. The molecule has 0 bridgehead atoms. The first-order valence-corrected chi connectivity index (χ1v) is 8.23. The van der Waals surface area contributed by atoms with Crippen LogP contribution in [0.4, 0.5) is 0 Å². The van der Waals surface area contributed by atoms with E-state index in [1.54, 1.807) is 0 Å². The maximum atomic E-state index is 4.56. The van der Waals surface area contributed by atoms with E-state index in [1.165, 1.54) is 27.6 Å². The largest absolute Gasteiger partial charge is 0.361 e. The predicted octanol–water partition coefficient (Wildman–Crippen LogP) is 3.24. The van der Waals surface area contributed by atoms with E-state index in [1.807, 2.05) is 6.20 Å². The monoisotopic (exact) mass is 304 g/mol. The fourth-order valence-electron chi connectivity index (χ4n) is 4.24. The normalized spacial score (nSPS) is 23.8. The van der Waals surface area contributed by atoms with Gasteiger partial charge in [-0.05, 0) is 43.2 Å². The maximum absolute atomic E-state index is 4.56. The molecule has 0 amide bonds. The van der Waals surface area contributed by atoms with Crippen LogP contribution in [0.2, 0.25) is 0 Å². The zero-order chi connectivity index (χ0) is 15.6. The summed E-state index contributed by atoms with van der Waals surface area (Å²) in [7, 11) is 2.23. The van der Waals surface area contributed by atoms with Crippen LogP contribution in [0.3, 0.4) is 0 Å². The van der Waals surface area contributed by atoms with Gasteiger partial charge in [0.1, 0.15) is 5.82 Å². The van der Waals surface area contributed by atoms with Crippen molar-refractivity contribution in [3.05, 3.63) is 59.3 Å². The van der Waals surface area contributed by atoms with E-state index in [-0.39, 0.29) is 0 Å². The van der Waals surface area contributed by atoms with E-state index in [4.69, 9.17) is 0 Å². The molecule has 0 saturated carbocycles. The van der Waals surface area contributed by atoms with Crippen molar-refractivity contribution in [2.24, 2.45) is 0 Å². The van der Waals surface area contributed by atoms with Crippen molar-refractivity contribution in [1.29, 1.82) is 0 Å². The number of aryl methyl sites for hydroxylation is 1. The number of rotatable bonds is 1. The highest BCUT2D eigenvalue weighted by Crippen LogP contribution is 2.41. The molecule has 3 aromatic rings. The second kappa shape index (κ2) is 4.59. The lowest BCUT2D eigenvalue weighted by atomic mass is 9.80. The molecule has 0 radical (unpaired) electrons. The Labute approximate surface area is 135 Å². The summed E-state index contributed by atoms with van der Waals surface area (Å²) in [4.78, 5) is 13.9. The molecule has 1 aromatic carbocycles. The van der Waals surface area contributed by atoms with Gasteiger partial charge in [-0.25, -0.2) is 4.98 Å². The third-order valence-corrected chi connectivity index (χ3v) is 5.34. The van der Waals surface area contributed by atoms with Crippen molar-refractivity contribution in [1.82, 2.24) is 19.9 Å². The van der Waals surface area contributed by atoms with Crippen LogP contribution in [0.1, 0.15) is 28.6 Å². The lowest BCUT2D eigenvalue weighted by molar-refractivity contribution is 0.265. The van der Waals surface area contributed by atoms with Crippen LogP contribution in [0.25, 0.3) is 16.5 Å². The molecule has 5 rings (SSSR count). The molecule has 0 saturated heterocycles. The molecule has 2 aliphatic rings. The highest BCUT2D eigenvalue weighted by molar-refractivity contribution is 5.98. The minimum absolute atomic E-state index is 0.329. The lowest BCUT2D eigenvalue weighted by Crippen LogP contribution is -2.42. The molecule has 2 aromatic heterocycles. The van der Waals surface area contributed by atoms with Crippen LogP contribution in [0, 0.1) is 6.92 Å². The Balaban J connectivity index is 1.70. The Morgan fingerprint density at radius 1 is 1.30 bits per heavy atom. The van der Waals surface area contributed by atoms with Gasteiger partial charge in [-0.15, -0.1) is 0 Å². The van der Waals surface area contributed by atoms with E-state index >= 15 is 0 Å². The van der Waals surface area contributed by atoms with Gasteiger partial charge in [0.25, 0.3) is 0 Å². The zero-order valence-corrected chi connectivity index (χ0v) is 13.4. The van der Waals surface area contributed by atoms with E-state index in [9.17, 15) is 0 Å². The van der Waals surface area contributed by atoms with Crippen molar-refractivity contribution in [2.45, 2.75) is 25.3 Å². The highest BCUT2D eigenvalue weighted by Gasteiger charge is 2.34. The second-order valence-electron chi connectivity index (χ2n) is 6.88. The topological polar surface area (TPSA) is 47.7 Å². The maximum Gasteiger partial charge on any atom is 0.114 e. The Hall–Kier alpha value is -2.33. The summed E-state index contributed by atoms with van der Waals surface area (Å²) in [6.45, 7) is 3.07. The summed E-state index contributed by atoms with van der Waals surface area (Å²) in [6.07, 6.45) is 7.63. The molecule has 0 fully saturated rings. The number of nitrogens with zero attached hydrogens (tertiary/aromatic N) is 2. The summed E-state index contributed by atoms with van der Waals surface area (Å²) in [5.74, 6) is 1.41. The standard InChI is InChI=1S/C19H20N4/c1-11-8-21-19(22-11)13-6-15-14-4-3-5-16-18(14)12(9-20-16)7-17(15)23(2)10-13/h3-6,8-9,13,17,20H,7,10H2,1-2H3,(H,21,22). The van der Waals surface area contributed by atoms with Gasteiger partial charge in [0.05, 0.1) is 0 Å². The average Bonchev–Trinajstić information content (AvgIpc) is 3.16. The number of hydrogen-bond acceptors (Lipinski definition) is 2. The Kier molecular flexibility index (Phi) is 2.62. The number of H-pyrrole nitrogens is 2. The van der Waals surface area contributed by atoms with Gasteiger partial charge >= 0.3 is 0 Å². The Morgan fingerprint density at radius 2 is 2.22 bits per heavy atom. The predicted molar refractivity (Wildman–Crippen MR) is 92.5 cm³/mol. The minimum atomic E-state index is 0.329. The molecule has 2 atom stereocenters. The van der Waals surface area contributed by atoms with Gasteiger partial charge in [0.2, 0.25) is 0 Å². The van der Waals surface area contributed by atoms with E-state index < -0.39 is 0 Å². The van der Waals surface area contributed by atoms with Gasteiger partial charge in [-0.2, -0.15) is 0 Å². The van der Waals surface area contributed by atoms with Crippen molar-refractivity contribution >= 4 is 16.5 Å².